The lowest BCUT2D eigenvalue weighted by molar-refractivity contribution is 0.477. The number of para-hydroxylation sites is 4. The van der Waals surface area contributed by atoms with Gasteiger partial charge in [-0.05, 0) is 64.7 Å². The van der Waals surface area contributed by atoms with E-state index in [0.29, 0.717) is 17.5 Å². The van der Waals surface area contributed by atoms with Gasteiger partial charge in [0.25, 0.3) is 0 Å². The van der Waals surface area contributed by atoms with Gasteiger partial charge in [0.2, 0.25) is 0 Å². The molecule has 0 saturated heterocycles. The van der Waals surface area contributed by atoms with Gasteiger partial charge in [0.1, 0.15) is 0 Å². The van der Waals surface area contributed by atoms with Crippen LogP contribution in [-0.2, 0) is 10.8 Å². The van der Waals surface area contributed by atoms with Crippen LogP contribution in [0.3, 0.4) is 0 Å². The molecule has 0 unspecified atom stereocenters. The number of hydrogen-bond donors (Lipinski definition) is 0. The molecule has 0 saturated carbocycles. The van der Waals surface area contributed by atoms with E-state index in [1.165, 1.54) is 22.3 Å². The summed E-state index contributed by atoms with van der Waals surface area (Å²) in [5.74, 6) is 3.70. The van der Waals surface area contributed by atoms with Gasteiger partial charge in [0.05, 0.1) is 11.4 Å². The molecule has 1 aliphatic heterocycles. The second-order valence-corrected chi connectivity index (χ2v) is 14.2. The van der Waals surface area contributed by atoms with Crippen molar-refractivity contribution in [3.05, 3.63) is 168 Å². The third-order valence-electron chi connectivity index (χ3n) is 10.4. The van der Waals surface area contributed by atoms with Gasteiger partial charge in [-0.25, -0.2) is 15.0 Å². The first-order valence-corrected chi connectivity index (χ1v) is 17.1. The quantitative estimate of drug-likeness (QED) is 0.190. The van der Waals surface area contributed by atoms with Crippen LogP contribution < -0.4 is 9.64 Å². The lowest BCUT2D eigenvalue weighted by Crippen LogP contribution is -2.36. The van der Waals surface area contributed by atoms with Crippen molar-refractivity contribution in [1.29, 1.82) is 0 Å². The maximum atomic E-state index is 6.32. The Hall–Kier alpha value is -6.07. The molecule has 0 amide bonds. The van der Waals surface area contributed by atoms with E-state index in [1.54, 1.807) is 0 Å². The molecule has 9 rings (SSSR count). The molecule has 0 spiro atoms. The Morgan fingerprint density at radius 2 is 0.860 bits per heavy atom. The van der Waals surface area contributed by atoms with Crippen LogP contribution in [0.5, 0.6) is 11.5 Å². The van der Waals surface area contributed by atoms with Crippen molar-refractivity contribution >= 4 is 17.1 Å². The molecular formula is C45H36N4O. The molecule has 7 aromatic rings. The number of benzene rings is 6. The SMILES string of the molecule is CC1(C)c2ccc(N3c4ccccc4Oc4ccccc43)cc2C(C)(C)c2ccc(-c3nc(-c4ccccc4)nc(-c4ccccc4)n3)cc21. The average Bonchev–Trinajstić information content (AvgIpc) is 3.16. The van der Waals surface area contributed by atoms with Crippen molar-refractivity contribution in [3.63, 3.8) is 0 Å². The summed E-state index contributed by atoms with van der Waals surface area (Å²) < 4.78 is 6.32. The highest BCUT2D eigenvalue weighted by atomic mass is 16.5. The maximum absolute atomic E-state index is 6.32. The topological polar surface area (TPSA) is 51.1 Å². The van der Waals surface area contributed by atoms with Gasteiger partial charge in [-0.1, -0.05) is 131 Å². The van der Waals surface area contributed by atoms with E-state index >= 15 is 0 Å². The van der Waals surface area contributed by atoms with Gasteiger partial charge in [-0.15, -0.1) is 0 Å². The van der Waals surface area contributed by atoms with Gasteiger partial charge < -0.3 is 9.64 Å². The second-order valence-electron chi connectivity index (χ2n) is 14.2. The fraction of sp³-hybridized carbons (Fsp3) is 0.133. The average molecular weight is 649 g/mol. The fourth-order valence-corrected chi connectivity index (χ4v) is 7.69. The van der Waals surface area contributed by atoms with E-state index in [9.17, 15) is 0 Å². The predicted molar refractivity (Wildman–Crippen MR) is 202 cm³/mol. The molecule has 0 bridgehead atoms. The fourth-order valence-electron chi connectivity index (χ4n) is 7.69. The smallest absolute Gasteiger partial charge is 0.164 e. The van der Waals surface area contributed by atoms with Crippen LogP contribution in [0.4, 0.5) is 17.1 Å². The van der Waals surface area contributed by atoms with Crippen molar-refractivity contribution in [3.8, 4) is 45.7 Å². The van der Waals surface area contributed by atoms with E-state index in [0.717, 1.165) is 45.3 Å². The summed E-state index contributed by atoms with van der Waals surface area (Å²) >= 11 is 0. The number of aromatic nitrogens is 3. The van der Waals surface area contributed by atoms with Crippen LogP contribution in [0, 0.1) is 0 Å². The van der Waals surface area contributed by atoms with E-state index in [-0.39, 0.29) is 10.8 Å². The summed E-state index contributed by atoms with van der Waals surface area (Å²) in [7, 11) is 0. The molecule has 0 fully saturated rings. The minimum atomic E-state index is -0.271. The van der Waals surface area contributed by atoms with E-state index in [4.69, 9.17) is 19.7 Å². The first-order chi connectivity index (χ1) is 24.3. The van der Waals surface area contributed by atoms with Crippen molar-refractivity contribution in [2.45, 2.75) is 38.5 Å². The molecule has 0 N–H and O–H groups in total. The van der Waals surface area contributed by atoms with Gasteiger partial charge in [0.15, 0.2) is 29.0 Å². The molecule has 1 aliphatic carbocycles. The molecule has 5 nitrogen and oxygen atoms in total. The standard InChI is InChI=1S/C45H36N4O/c1-44(2)34-26-24-32(49-37-19-11-13-21-39(37)50-40-22-14-12-20-38(40)49)28-36(34)45(3,4)33-25-23-31(27-35(33)44)43-47-41(29-15-7-5-8-16-29)46-42(48-43)30-17-9-6-10-18-30/h5-28H,1-4H3. The third-order valence-corrected chi connectivity index (χ3v) is 10.4. The van der Waals surface area contributed by atoms with Crippen LogP contribution in [0.2, 0.25) is 0 Å². The Morgan fingerprint density at radius 3 is 1.40 bits per heavy atom. The molecule has 2 aliphatic rings. The lowest BCUT2D eigenvalue weighted by Gasteiger charge is -2.44. The second kappa shape index (κ2) is 11.2. The van der Waals surface area contributed by atoms with E-state index in [1.807, 2.05) is 84.9 Å². The van der Waals surface area contributed by atoms with Crippen molar-refractivity contribution < 1.29 is 4.74 Å². The molecular weight excluding hydrogens is 613 g/mol. The van der Waals surface area contributed by atoms with Gasteiger partial charge in [0, 0.05) is 33.2 Å². The monoisotopic (exact) mass is 648 g/mol. The highest BCUT2D eigenvalue weighted by Crippen LogP contribution is 2.54. The minimum Gasteiger partial charge on any atom is -0.453 e. The van der Waals surface area contributed by atoms with E-state index < -0.39 is 0 Å². The number of anilines is 3. The number of nitrogens with zero attached hydrogens (tertiary/aromatic N) is 4. The Kier molecular flexibility index (Phi) is 6.75. The minimum absolute atomic E-state index is 0.260. The summed E-state index contributed by atoms with van der Waals surface area (Å²) in [5.41, 5.74) is 10.8. The molecule has 0 radical (unpaired) electrons. The highest BCUT2D eigenvalue weighted by molar-refractivity contribution is 5.87. The normalized spacial score (nSPS) is 14.8. The largest absolute Gasteiger partial charge is 0.453 e. The van der Waals surface area contributed by atoms with Gasteiger partial charge in [-0.3, -0.25) is 0 Å². The van der Waals surface area contributed by atoms with Crippen molar-refractivity contribution in [2.24, 2.45) is 0 Å². The number of fused-ring (bicyclic) bond motifs is 4. The number of ether oxygens (including phenoxy) is 1. The Labute approximate surface area is 292 Å². The number of rotatable bonds is 4. The summed E-state index contributed by atoms with van der Waals surface area (Å²) in [6.45, 7) is 9.35. The summed E-state index contributed by atoms with van der Waals surface area (Å²) in [5, 5.41) is 0. The van der Waals surface area contributed by atoms with Crippen LogP contribution in [0.15, 0.2) is 146 Å². The molecule has 2 heterocycles. The zero-order valence-corrected chi connectivity index (χ0v) is 28.6. The van der Waals surface area contributed by atoms with Gasteiger partial charge in [-0.2, -0.15) is 0 Å². The molecule has 1 aromatic heterocycles. The summed E-state index contributed by atoms with van der Waals surface area (Å²) in [4.78, 5) is 17.3. The summed E-state index contributed by atoms with van der Waals surface area (Å²) in [6.07, 6.45) is 0. The van der Waals surface area contributed by atoms with Crippen LogP contribution in [0.1, 0.15) is 49.9 Å². The molecule has 6 aromatic carbocycles. The lowest BCUT2D eigenvalue weighted by atomic mass is 9.59. The summed E-state index contributed by atoms with van der Waals surface area (Å²) in [6, 6.07) is 50.5. The van der Waals surface area contributed by atoms with Crippen molar-refractivity contribution in [2.75, 3.05) is 4.90 Å². The van der Waals surface area contributed by atoms with Gasteiger partial charge >= 0.3 is 0 Å². The molecule has 0 atom stereocenters. The Bertz CT molecular complexity index is 2310. The Morgan fingerprint density at radius 1 is 0.420 bits per heavy atom. The molecule has 242 valence electrons. The predicted octanol–water partition coefficient (Wildman–Crippen LogP) is 11.4. The third kappa shape index (κ3) is 4.72. The zero-order chi connectivity index (χ0) is 34.0. The maximum Gasteiger partial charge on any atom is 0.164 e. The van der Waals surface area contributed by atoms with Crippen LogP contribution >= 0.6 is 0 Å². The highest BCUT2D eigenvalue weighted by Gasteiger charge is 2.42. The van der Waals surface area contributed by atoms with Crippen molar-refractivity contribution in [1.82, 2.24) is 15.0 Å². The first kappa shape index (κ1) is 30.0. The van der Waals surface area contributed by atoms with Crippen LogP contribution in [0.25, 0.3) is 34.2 Å². The van der Waals surface area contributed by atoms with Crippen LogP contribution in [-0.4, -0.2) is 15.0 Å². The molecule has 50 heavy (non-hydrogen) atoms. The zero-order valence-electron chi connectivity index (χ0n) is 28.6. The Balaban J connectivity index is 1.17. The molecule has 5 heteroatoms. The van der Waals surface area contributed by atoms with E-state index in [2.05, 4.69) is 93.3 Å². The first-order valence-electron chi connectivity index (χ1n) is 17.1. The number of hydrogen-bond acceptors (Lipinski definition) is 5.